The smallest absolute Gasteiger partial charge is 0.213 e. The van der Waals surface area contributed by atoms with E-state index in [9.17, 15) is 8.78 Å². The molecule has 2 aromatic rings. The van der Waals surface area contributed by atoms with Gasteiger partial charge in [0.1, 0.15) is 11.6 Å². The van der Waals surface area contributed by atoms with Crippen molar-refractivity contribution >= 4 is 5.69 Å². The summed E-state index contributed by atoms with van der Waals surface area (Å²) in [6.07, 6.45) is 1.57. The number of aromatic nitrogens is 1. The quantitative estimate of drug-likeness (QED) is 0.905. The van der Waals surface area contributed by atoms with Gasteiger partial charge < -0.3 is 10.1 Å². The van der Waals surface area contributed by atoms with Gasteiger partial charge in [-0.25, -0.2) is 13.8 Å². The van der Waals surface area contributed by atoms with E-state index in [0.717, 1.165) is 12.1 Å². The summed E-state index contributed by atoms with van der Waals surface area (Å²) in [4.78, 5) is 4.00. The van der Waals surface area contributed by atoms with E-state index in [4.69, 9.17) is 4.74 Å². The fraction of sp³-hybridized carbons (Fsp3) is 0.154. The predicted octanol–water partition coefficient (Wildman–Crippen LogP) is 2.98. The van der Waals surface area contributed by atoms with Gasteiger partial charge in [-0.05, 0) is 24.3 Å². The lowest BCUT2D eigenvalue weighted by Crippen LogP contribution is -2.02. The van der Waals surface area contributed by atoms with Crippen molar-refractivity contribution in [3.8, 4) is 5.88 Å². The number of methoxy groups -OCH3 is 1. The number of nitrogens with zero attached hydrogens (tertiary/aromatic N) is 1. The van der Waals surface area contributed by atoms with Gasteiger partial charge in [0.2, 0.25) is 5.88 Å². The highest BCUT2D eigenvalue weighted by molar-refractivity contribution is 5.42. The van der Waals surface area contributed by atoms with Crippen LogP contribution in [0.2, 0.25) is 0 Å². The Bertz CT molecular complexity index is 529. The first kappa shape index (κ1) is 12.3. The zero-order valence-electron chi connectivity index (χ0n) is 9.78. The molecule has 0 aliphatic carbocycles. The van der Waals surface area contributed by atoms with Crippen LogP contribution in [0, 0.1) is 11.6 Å². The van der Waals surface area contributed by atoms with Gasteiger partial charge in [-0.15, -0.1) is 0 Å². The molecule has 0 amide bonds. The lowest BCUT2D eigenvalue weighted by atomic mass is 10.2. The average molecular weight is 250 g/mol. The number of nitrogens with one attached hydrogen (secondary N) is 1. The maximum Gasteiger partial charge on any atom is 0.213 e. The summed E-state index contributed by atoms with van der Waals surface area (Å²) < 4.78 is 31.2. The fourth-order valence-electron chi connectivity index (χ4n) is 1.48. The van der Waals surface area contributed by atoms with Crippen molar-refractivity contribution in [3.63, 3.8) is 0 Å². The zero-order chi connectivity index (χ0) is 13.0. The van der Waals surface area contributed by atoms with Crippen molar-refractivity contribution < 1.29 is 13.5 Å². The van der Waals surface area contributed by atoms with Crippen LogP contribution < -0.4 is 10.1 Å². The maximum atomic E-state index is 13.3. The van der Waals surface area contributed by atoms with Gasteiger partial charge in [0, 0.05) is 18.2 Å². The molecule has 5 heteroatoms. The van der Waals surface area contributed by atoms with E-state index in [1.54, 1.807) is 18.3 Å². The van der Waals surface area contributed by atoms with Crippen molar-refractivity contribution in [1.82, 2.24) is 4.98 Å². The lowest BCUT2D eigenvalue weighted by Gasteiger charge is -2.07. The zero-order valence-corrected chi connectivity index (χ0v) is 9.78. The molecule has 0 aliphatic rings. The number of rotatable bonds is 4. The third-order valence-corrected chi connectivity index (χ3v) is 2.44. The Morgan fingerprint density at radius 1 is 1.22 bits per heavy atom. The van der Waals surface area contributed by atoms with Crippen LogP contribution >= 0.6 is 0 Å². The van der Waals surface area contributed by atoms with E-state index >= 15 is 0 Å². The van der Waals surface area contributed by atoms with E-state index in [2.05, 4.69) is 10.3 Å². The number of anilines is 1. The number of hydrogen-bond acceptors (Lipinski definition) is 3. The molecule has 18 heavy (non-hydrogen) atoms. The van der Waals surface area contributed by atoms with Crippen LogP contribution in [-0.2, 0) is 6.54 Å². The van der Waals surface area contributed by atoms with Gasteiger partial charge in [-0.2, -0.15) is 0 Å². The van der Waals surface area contributed by atoms with E-state index < -0.39 is 11.6 Å². The number of pyridine rings is 1. The standard InChI is InChI=1S/C13H12F2N2O/c1-18-13-5-3-11(8-17-13)16-7-9-6-10(14)2-4-12(9)15/h2-6,8,16H,7H2,1H3. The molecule has 0 aliphatic heterocycles. The topological polar surface area (TPSA) is 34.1 Å². The highest BCUT2D eigenvalue weighted by atomic mass is 19.1. The minimum Gasteiger partial charge on any atom is -0.481 e. The monoisotopic (exact) mass is 250 g/mol. The summed E-state index contributed by atoms with van der Waals surface area (Å²) in [5.74, 6) is -0.399. The molecule has 0 atom stereocenters. The number of halogens is 2. The minimum absolute atomic E-state index is 0.192. The Morgan fingerprint density at radius 3 is 2.72 bits per heavy atom. The summed E-state index contributed by atoms with van der Waals surface area (Å²) >= 11 is 0. The molecular weight excluding hydrogens is 238 g/mol. The lowest BCUT2D eigenvalue weighted by molar-refractivity contribution is 0.398. The summed E-state index contributed by atoms with van der Waals surface area (Å²) in [6, 6.07) is 6.80. The van der Waals surface area contributed by atoms with Gasteiger partial charge in [0.25, 0.3) is 0 Å². The molecule has 0 radical (unpaired) electrons. The largest absolute Gasteiger partial charge is 0.481 e. The second-order valence-corrected chi connectivity index (χ2v) is 3.68. The number of hydrogen-bond donors (Lipinski definition) is 1. The molecule has 1 aromatic carbocycles. The summed E-state index contributed by atoms with van der Waals surface area (Å²) in [6.45, 7) is 0.192. The molecule has 2 rings (SSSR count). The van der Waals surface area contributed by atoms with Crippen molar-refractivity contribution in [2.45, 2.75) is 6.54 Å². The van der Waals surface area contributed by atoms with Crippen molar-refractivity contribution in [2.24, 2.45) is 0 Å². The molecule has 0 saturated carbocycles. The Balaban J connectivity index is 2.04. The second-order valence-electron chi connectivity index (χ2n) is 3.68. The minimum atomic E-state index is -0.457. The van der Waals surface area contributed by atoms with E-state index in [0.29, 0.717) is 11.6 Å². The van der Waals surface area contributed by atoms with Crippen LogP contribution in [0.15, 0.2) is 36.5 Å². The Labute approximate surface area is 103 Å². The predicted molar refractivity (Wildman–Crippen MR) is 64.5 cm³/mol. The van der Waals surface area contributed by atoms with Crippen molar-refractivity contribution in [1.29, 1.82) is 0 Å². The summed E-state index contributed by atoms with van der Waals surface area (Å²) in [7, 11) is 1.53. The van der Waals surface area contributed by atoms with Gasteiger partial charge >= 0.3 is 0 Å². The van der Waals surface area contributed by atoms with Gasteiger partial charge in [0.15, 0.2) is 0 Å². The van der Waals surface area contributed by atoms with Crippen molar-refractivity contribution in [2.75, 3.05) is 12.4 Å². The Morgan fingerprint density at radius 2 is 2.06 bits per heavy atom. The Kier molecular flexibility index (Phi) is 3.72. The number of benzene rings is 1. The van der Waals surface area contributed by atoms with Gasteiger partial charge in [-0.3, -0.25) is 0 Å². The van der Waals surface area contributed by atoms with E-state index in [1.165, 1.54) is 13.2 Å². The second kappa shape index (κ2) is 5.44. The highest BCUT2D eigenvalue weighted by Crippen LogP contribution is 2.14. The molecule has 0 bridgehead atoms. The molecule has 94 valence electrons. The normalized spacial score (nSPS) is 10.2. The first-order chi connectivity index (χ1) is 8.69. The Hall–Kier alpha value is -2.17. The molecule has 0 saturated heterocycles. The first-order valence-electron chi connectivity index (χ1n) is 5.37. The van der Waals surface area contributed by atoms with E-state index in [-0.39, 0.29) is 12.1 Å². The SMILES string of the molecule is COc1ccc(NCc2cc(F)ccc2F)cn1. The highest BCUT2D eigenvalue weighted by Gasteiger charge is 2.03. The van der Waals surface area contributed by atoms with E-state index in [1.807, 2.05) is 0 Å². The summed E-state index contributed by atoms with van der Waals surface area (Å²) in [5.41, 5.74) is 0.977. The van der Waals surface area contributed by atoms with Gasteiger partial charge in [0.05, 0.1) is 19.0 Å². The molecule has 1 heterocycles. The van der Waals surface area contributed by atoms with Crippen LogP contribution in [0.5, 0.6) is 5.88 Å². The molecule has 0 spiro atoms. The van der Waals surface area contributed by atoms with Crippen LogP contribution in [-0.4, -0.2) is 12.1 Å². The molecular formula is C13H12F2N2O. The van der Waals surface area contributed by atoms with Crippen LogP contribution in [0.3, 0.4) is 0 Å². The van der Waals surface area contributed by atoms with Crippen LogP contribution in [0.25, 0.3) is 0 Å². The molecule has 3 nitrogen and oxygen atoms in total. The molecule has 1 N–H and O–H groups in total. The number of ether oxygens (including phenoxy) is 1. The van der Waals surface area contributed by atoms with Gasteiger partial charge in [-0.1, -0.05) is 0 Å². The van der Waals surface area contributed by atoms with Crippen molar-refractivity contribution in [3.05, 3.63) is 53.7 Å². The molecule has 0 unspecified atom stereocenters. The average Bonchev–Trinajstić information content (AvgIpc) is 2.40. The fourth-order valence-corrected chi connectivity index (χ4v) is 1.48. The molecule has 0 fully saturated rings. The molecule has 1 aromatic heterocycles. The van der Waals surface area contributed by atoms with Crippen LogP contribution in [0.4, 0.5) is 14.5 Å². The summed E-state index contributed by atoms with van der Waals surface area (Å²) in [5, 5.41) is 2.96. The third-order valence-electron chi connectivity index (χ3n) is 2.44. The maximum absolute atomic E-state index is 13.3. The first-order valence-corrected chi connectivity index (χ1v) is 5.37. The third kappa shape index (κ3) is 2.94. The van der Waals surface area contributed by atoms with Crippen LogP contribution in [0.1, 0.15) is 5.56 Å².